The first kappa shape index (κ1) is 20.6. The van der Waals surface area contributed by atoms with Crippen molar-refractivity contribution < 1.29 is 19.7 Å². The number of carbonyl (C=O) groups excluding carboxylic acids is 1. The number of ether oxygens (including phenoxy) is 1. The number of aliphatic hydroxyl groups is 2. The highest BCUT2D eigenvalue weighted by atomic mass is 16.5. The highest BCUT2D eigenvalue weighted by Crippen LogP contribution is 2.62. The van der Waals surface area contributed by atoms with E-state index in [4.69, 9.17) is 9.84 Å². The maximum Gasteiger partial charge on any atom is 0.312 e. The highest BCUT2D eigenvalue weighted by molar-refractivity contribution is 5.77. The van der Waals surface area contributed by atoms with Crippen LogP contribution < -0.4 is 0 Å². The zero-order chi connectivity index (χ0) is 19.8. The highest BCUT2D eigenvalue weighted by Gasteiger charge is 2.57. The standard InChI is InChI=1S/C23H36O4/c1-15(2)16-6-8-19-17(12-16)7-9-20-22(19,3)10-5-11-23(20,4)21(26)27-14-18(25)13-24/h7,12,15,18-20,24-25H,5-6,8-11,13-14H2,1-4H3/t18-,19?,20?,22?,23?/m1/s1. The average molecular weight is 377 g/mol. The van der Waals surface area contributed by atoms with E-state index in [9.17, 15) is 9.90 Å². The Morgan fingerprint density at radius 2 is 2.07 bits per heavy atom. The molecule has 3 aliphatic carbocycles. The molecule has 1 saturated carbocycles. The Hall–Kier alpha value is -1.13. The number of hydrogen-bond acceptors (Lipinski definition) is 4. The van der Waals surface area contributed by atoms with Gasteiger partial charge in [-0.2, -0.15) is 0 Å². The van der Waals surface area contributed by atoms with E-state index in [2.05, 4.69) is 39.8 Å². The molecule has 0 radical (unpaired) electrons. The molecule has 3 aliphatic rings. The lowest BCUT2D eigenvalue weighted by Gasteiger charge is -2.57. The van der Waals surface area contributed by atoms with Gasteiger partial charge >= 0.3 is 5.97 Å². The molecule has 4 heteroatoms. The van der Waals surface area contributed by atoms with E-state index in [0.29, 0.717) is 11.8 Å². The average Bonchev–Trinajstić information content (AvgIpc) is 2.65. The lowest BCUT2D eigenvalue weighted by atomic mass is 9.47. The van der Waals surface area contributed by atoms with Gasteiger partial charge < -0.3 is 14.9 Å². The van der Waals surface area contributed by atoms with Gasteiger partial charge in [-0.15, -0.1) is 0 Å². The summed E-state index contributed by atoms with van der Waals surface area (Å²) in [4.78, 5) is 13.0. The van der Waals surface area contributed by atoms with Gasteiger partial charge in [-0.1, -0.05) is 44.9 Å². The molecule has 0 heterocycles. The van der Waals surface area contributed by atoms with E-state index in [1.165, 1.54) is 12.0 Å². The van der Waals surface area contributed by atoms with Crippen LogP contribution in [-0.4, -0.2) is 35.5 Å². The molecular formula is C23H36O4. The van der Waals surface area contributed by atoms with E-state index in [-0.39, 0.29) is 30.5 Å². The Labute approximate surface area is 163 Å². The summed E-state index contributed by atoms with van der Waals surface area (Å²) in [6, 6.07) is 0. The quantitative estimate of drug-likeness (QED) is 0.711. The van der Waals surface area contributed by atoms with Crippen molar-refractivity contribution in [3.63, 3.8) is 0 Å². The topological polar surface area (TPSA) is 66.8 Å². The summed E-state index contributed by atoms with van der Waals surface area (Å²) in [7, 11) is 0. The number of rotatable bonds is 5. The Balaban J connectivity index is 1.85. The van der Waals surface area contributed by atoms with Crippen molar-refractivity contribution in [2.45, 2.75) is 72.3 Å². The summed E-state index contributed by atoms with van der Waals surface area (Å²) in [5.41, 5.74) is 2.63. The number of esters is 1. The van der Waals surface area contributed by atoms with Crippen molar-refractivity contribution >= 4 is 5.97 Å². The number of hydrogen-bond donors (Lipinski definition) is 2. The number of fused-ring (bicyclic) bond motifs is 3. The third-order valence-corrected chi connectivity index (χ3v) is 7.66. The second-order valence-corrected chi connectivity index (χ2v) is 9.67. The van der Waals surface area contributed by atoms with E-state index in [0.717, 1.165) is 32.1 Å². The molecule has 4 nitrogen and oxygen atoms in total. The second kappa shape index (κ2) is 7.71. The van der Waals surface area contributed by atoms with Gasteiger partial charge in [-0.05, 0) is 67.8 Å². The maximum atomic E-state index is 13.0. The largest absolute Gasteiger partial charge is 0.462 e. The lowest BCUT2D eigenvalue weighted by Crippen LogP contribution is -2.53. The predicted molar refractivity (Wildman–Crippen MR) is 106 cm³/mol. The van der Waals surface area contributed by atoms with Crippen molar-refractivity contribution in [1.82, 2.24) is 0 Å². The van der Waals surface area contributed by atoms with Gasteiger partial charge in [-0.3, -0.25) is 4.79 Å². The van der Waals surface area contributed by atoms with E-state index >= 15 is 0 Å². The molecule has 27 heavy (non-hydrogen) atoms. The van der Waals surface area contributed by atoms with Gasteiger partial charge in [-0.25, -0.2) is 0 Å². The van der Waals surface area contributed by atoms with Crippen LogP contribution in [0.15, 0.2) is 23.3 Å². The third-order valence-electron chi connectivity index (χ3n) is 7.66. The molecule has 0 aromatic rings. The number of allylic oxidation sites excluding steroid dienone is 4. The Bertz CT molecular complexity index is 634. The number of aliphatic hydroxyl groups excluding tert-OH is 2. The molecule has 0 aliphatic heterocycles. The molecule has 0 bridgehead atoms. The molecule has 1 fully saturated rings. The van der Waals surface area contributed by atoms with E-state index in [1.54, 1.807) is 5.57 Å². The van der Waals surface area contributed by atoms with Gasteiger partial charge in [0.2, 0.25) is 0 Å². The van der Waals surface area contributed by atoms with Crippen LogP contribution in [-0.2, 0) is 9.53 Å². The fourth-order valence-electron chi connectivity index (χ4n) is 5.98. The minimum atomic E-state index is -0.997. The van der Waals surface area contributed by atoms with Crippen molar-refractivity contribution in [2.24, 2.45) is 28.6 Å². The first-order valence-electron chi connectivity index (χ1n) is 10.6. The van der Waals surface area contributed by atoms with Crippen LogP contribution in [0.1, 0.15) is 66.2 Å². The first-order valence-corrected chi connectivity index (χ1v) is 10.6. The maximum absolute atomic E-state index is 13.0. The lowest BCUT2D eigenvalue weighted by molar-refractivity contribution is -0.172. The monoisotopic (exact) mass is 376 g/mol. The summed E-state index contributed by atoms with van der Waals surface area (Å²) >= 11 is 0. The van der Waals surface area contributed by atoms with Crippen LogP contribution >= 0.6 is 0 Å². The molecule has 0 aromatic carbocycles. The van der Waals surface area contributed by atoms with Gasteiger partial charge in [0, 0.05) is 0 Å². The summed E-state index contributed by atoms with van der Waals surface area (Å²) in [6.07, 6.45) is 10.1. The minimum Gasteiger partial charge on any atom is -0.462 e. The third kappa shape index (κ3) is 3.63. The fourth-order valence-corrected chi connectivity index (χ4v) is 5.98. The Morgan fingerprint density at radius 1 is 1.33 bits per heavy atom. The van der Waals surface area contributed by atoms with E-state index in [1.807, 2.05) is 0 Å². The van der Waals surface area contributed by atoms with Gasteiger partial charge in [0.1, 0.15) is 12.7 Å². The summed E-state index contributed by atoms with van der Waals surface area (Å²) in [5, 5.41) is 18.5. The van der Waals surface area contributed by atoms with Crippen LogP contribution in [0.2, 0.25) is 0 Å². The van der Waals surface area contributed by atoms with Crippen molar-refractivity contribution in [1.29, 1.82) is 0 Å². The van der Waals surface area contributed by atoms with E-state index < -0.39 is 11.5 Å². The molecule has 3 rings (SSSR count). The molecule has 0 saturated heterocycles. The summed E-state index contributed by atoms with van der Waals surface area (Å²) in [5.74, 6) is 1.17. The molecule has 0 spiro atoms. The summed E-state index contributed by atoms with van der Waals surface area (Å²) < 4.78 is 5.43. The van der Waals surface area contributed by atoms with Crippen molar-refractivity contribution in [3.8, 4) is 0 Å². The zero-order valence-electron chi connectivity index (χ0n) is 17.3. The number of carbonyl (C=O) groups is 1. The normalized spacial score (nSPS) is 37.0. The van der Waals surface area contributed by atoms with Gasteiger partial charge in [0.15, 0.2) is 0 Å². The van der Waals surface area contributed by atoms with Crippen LogP contribution in [0.3, 0.4) is 0 Å². The molecule has 4 unspecified atom stereocenters. The minimum absolute atomic E-state index is 0.116. The SMILES string of the molecule is CC(C)C1=CC2=CCC3C(C)(C(=O)OC[C@H](O)CO)CCCC3(C)C2CC1. The fraction of sp³-hybridized carbons (Fsp3) is 0.783. The van der Waals surface area contributed by atoms with Crippen LogP contribution in [0.4, 0.5) is 0 Å². The molecule has 2 N–H and O–H groups in total. The molecular weight excluding hydrogens is 340 g/mol. The molecule has 152 valence electrons. The molecule has 0 amide bonds. The molecule has 0 aromatic heterocycles. The van der Waals surface area contributed by atoms with Crippen LogP contribution in [0, 0.1) is 28.6 Å². The van der Waals surface area contributed by atoms with Crippen molar-refractivity contribution in [2.75, 3.05) is 13.2 Å². The predicted octanol–water partition coefficient (Wildman–Crippen LogP) is 4.02. The van der Waals surface area contributed by atoms with Gasteiger partial charge in [0.05, 0.1) is 12.0 Å². The first-order chi connectivity index (χ1) is 12.7. The Kier molecular flexibility index (Phi) is 5.88. The summed E-state index contributed by atoms with van der Waals surface area (Å²) in [6.45, 7) is 8.48. The van der Waals surface area contributed by atoms with Crippen molar-refractivity contribution in [3.05, 3.63) is 23.3 Å². The molecule has 5 atom stereocenters. The zero-order valence-corrected chi connectivity index (χ0v) is 17.3. The van der Waals surface area contributed by atoms with Crippen LogP contribution in [0.25, 0.3) is 0 Å². The second-order valence-electron chi connectivity index (χ2n) is 9.67. The van der Waals surface area contributed by atoms with Crippen LogP contribution in [0.5, 0.6) is 0 Å². The smallest absolute Gasteiger partial charge is 0.312 e. The Morgan fingerprint density at radius 3 is 2.74 bits per heavy atom. The van der Waals surface area contributed by atoms with Gasteiger partial charge in [0.25, 0.3) is 0 Å².